The summed E-state index contributed by atoms with van der Waals surface area (Å²) in [6.45, 7) is 43.5. The van der Waals surface area contributed by atoms with Gasteiger partial charge in [-0.2, -0.15) is 0 Å². The highest BCUT2D eigenvalue weighted by molar-refractivity contribution is 5.74. The predicted molar refractivity (Wildman–Crippen MR) is 323 cm³/mol. The zero-order valence-electron chi connectivity index (χ0n) is 55.5. The standard InChI is InChI=1S/C13H24O2.2C12H22O2.C11H20O2.C10H20O2.C9H18O2/c1-4-11(3)12(14)15-13(5-2)9-7-6-8-10-13;1-4-10(2)11(13)14-12(3)8-6-5-7-9-12;1-4-10(3)11(13)14-12(5-2)8-6-7-9-12;1-4-9(2)10(12)13-11(3)7-5-6-8-11;1-6-8(3)9(11)12-10(4,5)7-2;1-6-7(2)8(10)11-9(3,4)5/h11H,4-10H2,1-3H3;2*10H,4-9H2,1-3H3;9H,4-8H2,1-3H3;8H,6-7H2,1-5H3;7H,6H2,1-5H3. The van der Waals surface area contributed by atoms with Gasteiger partial charge in [0.05, 0.1) is 35.5 Å². The number of hydrogen-bond acceptors (Lipinski definition) is 12. The molecule has 0 N–H and O–H groups in total. The summed E-state index contributed by atoms with van der Waals surface area (Å²) in [7, 11) is 0. The van der Waals surface area contributed by atoms with E-state index in [1.807, 2.05) is 125 Å². The minimum Gasteiger partial charge on any atom is -0.460 e. The summed E-state index contributed by atoms with van der Waals surface area (Å²) in [5.74, 6) is 0.0382. The van der Waals surface area contributed by atoms with Crippen LogP contribution in [-0.2, 0) is 57.2 Å². The third kappa shape index (κ3) is 32.9. The lowest BCUT2D eigenvalue weighted by Gasteiger charge is -2.36. The maximum Gasteiger partial charge on any atom is 0.309 e. The summed E-state index contributed by atoms with van der Waals surface area (Å²) in [5, 5.41) is 0. The van der Waals surface area contributed by atoms with Crippen LogP contribution in [0.5, 0.6) is 0 Å². The summed E-state index contributed by atoms with van der Waals surface area (Å²) in [6.07, 6.45) is 28.6. The van der Waals surface area contributed by atoms with Crippen molar-refractivity contribution in [1.82, 2.24) is 0 Å². The highest BCUT2D eigenvalue weighted by atomic mass is 16.6. The summed E-state index contributed by atoms with van der Waals surface area (Å²) in [4.78, 5) is 69.1. The van der Waals surface area contributed by atoms with Gasteiger partial charge in [0.25, 0.3) is 0 Å². The van der Waals surface area contributed by atoms with Crippen molar-refractivity contribution in [3.05, 3.63) is 0 Å². The fourth-order valence-electron chi connectivity index (χ4n) is 9.06. The maximum absolute atomic E-state index is 11.8. The molecule has 0 spiro atoms. The van der Waals surface area contributed by atoms with Crippen molar-refractivity contribution < 1.29 is 57.2 Å². The Morgan fingerprint density at radius 3 is 0.823 bits per heavy atom. The first-order chi connectivity index (χ1) is 36.7. The number of carbonyl (C=O) groups is 6. The molecule has 0 aromatic carbocycles. The molecule has 12 nitrogen and oxygen atoms in total. The number of esters is 6. The fourth-order valence-corrected chi connectivity index (χ4v) is 9.06. The van der Waals surface area contributed by atoms with Crippen molar-refractivity contribution >= 4 is 35.8 Å². The van der Waals surface area contributed by atoms with Crippen LogP contribution in [-0.4, -0.2) is 69.4 Å². The zero-order chi connectivity index (χ0) is 61.3. The number of ether oxygens (including phenoxy) is 6. The van der Waals surface area contributed by atoms with Crippen LogP contribution in [0.2, 0.25) is 0 Å². The molecule has 6 unspecified atom stereocenters. The van der Waals surface area contributed by atoms with Crippen molar-refractivity contribution in [1.29, 1.82) is 0 Å². The van der Waals surface area contributed by atoms with Gasteiger partial charge in [-0.15, -0.1) is 0 Å². The van der Waals surface area contributed by atoms with Crippen LogP contribution in [0.25, 0.3) is 0 Å². The molecule has 4 fully saturated rings. The molecule has 0 heterocycles. The monoisotopic (exact) mass is 1120 g/mol. The van der Waals surface area contributed by atoms with E-state index < -0.39 is 0 Å². The average molecular weight is 1120 g/mol. The Bertz CT molecular complexity index is 1690. The van der Waals surface area contributed by atoms with Crippen LogP contribution >= 0.6 is 0 Å². The molecule has 0 amide bonds. The average Bonchev–Trinajstić information content (AvgIpc) is 4.08. The number of hydrogen-bond donors (Lipinski definition) is 0. The van der Waals surface area contributed by atoms with Crippen LogP contribution in [0.4, 0.5) is 0 Å². The normalized spacial score (nSPS) is 20.0. The van der Waals surface area contributed by atoms with Gasteiger partial charge in [0.1, 0.15) is 33.6 Å². The topological polar surface area (TPSA) is 158 Å². The molecule has 0 bridgehead atoms. The number of rotatable bonds is 20. The largest absolute Gasteiger partial charge is 0.460 e. The lowest BCUT2D eigenvalue weighted by atomic mass is 9.82. The second kappa shape index (κ2) is 39.3. The Labute approximate surface area is 485 Å². The molecule has 79 heavy (non-hydrogen) atoms. The van der Waals surface area contributed by atoms with Gasteiger partial charge < -0.3 is 28.4 Å². The van der Waals surface area contributed by atoms with Crippen molar-refractivity contribution in [2.45, 2.75) is 359 Å². The summed E-state index contributed by atoms with van der Waals surface area (Å²) < 4.78 is 33.0. The first-order valence-corrected chi connectivity index (χ1v) is 32.1. The van der Waals surface area contributed by atoms with Gasteiger partial charge in [-0.25, -0.2) is 0 Å². The van der Waals surface area contributed by atoms with Crippen LogP contribution in [0.3, 0.4) is 0 Å². The summed E-state index contributed by atoms with van der Waals surface area (Å²) >= 11 is 0. The molecule has 4 aliphatic rings. The Morgan fingerprint density at radius 1 is 0.342 bits per heavy atom. The second-order valence-corrected chi connectivity index (χ2v) is 26.1. The first kappa shape index (κ1) is 77.9. The molecule has 4 aliphatic carbocycles. The Kier molecular flexibility index (Phi) is 38.8. The quantitative estimate of drug-likeness (QED) is 0.0840. The smallest absolute Gasteiger partial charge is 0.309 e. The third-order valence-electron chi connectivity index (χ3n) is 17.2. The fraction of sp³-hybridized carbons (Fsp3) is 0.910. The molecule has 12 heteroatoms. The van der Waals surface area contributed by atoms with E-state index >= 15 is 0 Å². The molecule has 4 rings (SSSR count). The Morgan fingerprint density at radius 2 is 0.570 bits per heavy atom. The van der Waals surface area contributed by atoms with Gasteiger partial charge >= 0.3 is 35.8 Å². The SMILES string of the molecule is CCC(C)C(=O)OC(C)(C)C.CCC(C)C(=O)OC(C)(C)CC.CCC(C)C(=O)OC1(C)CCCC1.CCC(C)C(=O)OC1(C)CCCCC1.CCC(C)C(=O)OC1(CC)CCCC1.CCC(C)C(=O)OC1(CC)CCCCC1. The van der Waals surface area contributed by atoms with Gasteiger partial charge in [0, 0.05) is 0 Å². The zero-order valence-corrected chi connectivity index (χ0v) is 55.5. The summed E-state index contributed by atoms with van der Waals surface area (Å²) in [5.41, 5.74) is -1.21. The highest BCUT2D eigenvalue weighted by Crippen LogP contribution is 2.38. The van der Waals surface area contributed by atoms with Gasteiger partial charge in [-0.05, 0) is 209 Å². The van der Waals surface area contributed by atoms with E-state index in [1.165, 1.54) is 64.2 Å². The van der Waals surface area contributed by atoms with E-state index in [0.29, 0.717) is 0 Å². The third-order valence-corrected chi connectivity index (χ3v) is 17.2. The van der Waals surface area contributed by atoms with Crippen LogP contribution in [0.15, 0.2) is 0 Å². The van der Waals surface area contributed by atoms with Crippen LogP contribution in [0.1, 0.15) is 326 Å². The van der Waals surface area contributed by atoms with E-state index in [0.717, 1.165) is 109 Å². The lowest BCUT2D eigenvalue weighted by molar-refractivity contribution is -0.169. The van der Waals surface area contributed by atoms with E-state index in [-0.39, 0.29) is 105 Å². The van der Waals surface area contributed by atoms with E-state index in [2.05, 4.69) is 27.7 Å². The minimum absolute atomic E-state index is 0.00116. The molecule has 0 saturated heterocycles. The van der Waals surface area contributed by atoms with E-state index in [1.54, 1.807) is 0 Å². The molecule has 466 valence electrons. The van der Waals surface area contributed by atoms with E-state index in [9.17, 15) is 28.8 Å². The van der Waals surface area contributed by atoms with Gasteiger partial charge in [-0.3, -0.25) is 28.8 Å². The molecule has 0 aromatic rings. The number of carbonyl (C=O) groups excluding carboxylic acids is 6. The predicted octanol–water partition coefficient (Wildman–Crippen LogP) is 18.3. The van der Waals surface area contributed by atoms with Crippen molar-refractivity contribution in [3.63, 3.8) is 0 Å². The summed E-state index contributed by atoms with van der Waals surface area (Å²) in [6, 6.07) is 0. The van der Waals surface area contributed by atoms with Gasteiger partial charge in [-0.1, -0.05) is 117 Å². The molecular weight excluding hydrogens is 997 g/mol. The minimum atomic E-state index is -0.347. The Balaban J connectivity index is 0. The van der Waals surface area contributed by atoms with Crippen LogP contribution in [0, 0.1) is 35.5 Å². The molecule has 6 atom stereocenters. The second-order valence-electron chi connectivity index (χ2n) is 26.1. The molecular formula is C67H126O12. The lowest BCUT2D eigenvalue weighted by Crippen LogP contribution is -2.38. The molecule has 4 saturated carbocycles. The van der Waals surface area contributed by atoms with Gasteiger partial charge in [0.2, 0.25) is 0 Å². The first-order valence-electron chi connectivity index (χ1n) is 32.1. The molecule has 0 aliphatic heterocycles. The van der Waals surface area contributed by atoms with Gasteiger partial charge in [0.15, 0.2) is 0 Å². The van der Waals surface area contributed by atoms with Crippen molar-refractivity contribution in [2.75, 3.05) is 0 Å². The Hall–Kier alpha value is -3.18. The highest BCUT2D eigenvalue weighted by Gasteiger charge is 2.38. The molecule has 0 radical (unpaired) electrons. The molecule has 0 aromatic heterocycles. The van der Waals surface area contributed by atoms with Crippen molar-refractivity contribution in [2.24, 2.45) is 35.5 Å². The van der Waals surface area contributed by atoms with E-state index in [4.69, 9.17) is 28.4 Å². The maximum atomic E-state index is 11.8. The van der Waals surface area contributed by atoms with Crippen LogP contribution < -0.4 is 0 Å². The van der Waals surface area contributed by atoms with Crippen molar-refractivity contribution in [3.8, 4) is 0 Å².